The van der Waals surface area contributed by atoms with Gasteiger partial charge in [-0.3, -0.25) is 0 Å². The first-order chi connectivity index (χ1) is 14.0. The van der Waals surface area contributed by atoms with E-state index in [1.165, 1.54) is 18.4 Å². The standard InChI is InChI=1S/C21H17BrN2O4S/c22-16-8-10-17(11-9-16)29(25,26)21-20(23-13-12-15-5-2-1-3-6-15)28-19(24-21)18-7-4-14-27-18/h1-11,14,23H,12-13H2. The van der Waals surface area contributed by atoms with Crippen molar-refractivity contribution in [3.63, 3.8) is 0 Å². The maximum Gasteiger partial charge on any atom is 0.266 e. The summed E-state index contributed by atoms with van der Waals surface area (Å²) in [6, 6.07) is 19.6. The molecule has 2 aromatic carbocycles. The molecule has 0 aliphatic carbocycles. The zero-order chi connectivity index (χ0) is 20.3. The molecule has 4 rings (SSSR count). The summed E-state index contributed by atoms with van der Waals surface area (Å²) in [6.07, 6.45) is 2.18. The van der Waals surface area contributed by atoms with Crippen molar-refractivity contribution < 1.29 is 17.3 Å². The van der Waals surface area contributed by atoms with Gasteiger partial charge in [-0.2, -0.15) is 4.98 Å². The van der Waals surface area contributed by atoms with Crippen molar-refractivity contribution in [1.29, 1.82) is 0 Å². The molecule has 0 atom stereocenters. The number of furan rings is 1. The van der Waals surface area contributed by atoms with Gasteiger partial charge in [-0.05, 0) is 48.4 Å². The van der Waals surface area contributed by atoms with Gasteiger partial charge in [0.1, 0.15) is 0 Å². The lowest BCUT2D eigenvalue weighted by atomic mass is 10.1. The lowest BCUT2D eigenvalue weighted by Gasteiger charge is -2.06. The van der Waals surface area contributed by atoms with E-state index in [9.17, 15) is 8.42 Å². The second-order valence-electron chi connectivity index (χ2n) is 6.25. The maximum absolute atomic E-state index is 13.2. The molecule has 0 saturated heterocycles. The van der Waals surface area contributed by atoms with Crippen LogP contribution >= 0.6 is 15.9 Å². The van der Waals surface area contributed by atoms with E-state index >= 15 is 0 Å². The number of hydrogen-bond donors (Lipinski definition) is 1. The van der Waals surface area contributed by atoms with Crippen LogP contribution in [0, 0.1) is 0 Å². The van der Waals surface area contributed by atoms with Crippen LogP contribution in [-0.4, -0.2) is 19.9 Å². The van der Waals surface area contributed by atoms with Crippen molar-refractivity contribution in [3.8, 4) is 11.7 Å². The van der Waals surface area contributed by atoms with E-state index < -0.39 is 9.84 Å². The molecular weight excluding hydrogens is 456 g/mol. The van der Waals surface area contributed by atoms with Crippen LogP contribution in [0.3, 0.4) is 0 Å². The van der Waals surface area contributed by atoms with Crippen LogP contribution in [0.2, 0.25) is 0 Å². The summed E-state index contributed by atoms with van der Waals surface area (Å²) in [5.74, 6) is 0.552. The number of halogens is 1. The minimum absolute atomic E-state index is 0.0928. The predicted octanol–water partition coefficient (Wildman–Crippen LogP) is 5.18. The Kier molecular flexibility index (Phi) is 5.55. The third-order valence-electron chi connectivity index (χ3n) is 4.25. The molecule has 8 heteroatoms. The van der Waals surface area contributed by atoms with Crippen molar-refractivity contribution in [2.75, 3.05) is 11.9 Å². The summed E-state index contributed by atoms with van der Waals surface area (Å²) in [4.78, 5) is 4.36. The Morgan fingerprint density at radius 2 is 1.72 bits per heavy atom. The zero-order valence-electron chi connectivity index (χ0n) is 15.2. The quantitative estimate of drug-likeness (QED) is 0.398. The summed E-state index contributed by atoms with van der Waals surface area (Å²) in [5.41, 5.74) is 1.13. The van der Waals surface area contributed by atoms with Crippen LogP contribution in [0.15, 0.2) is 96.2 Å². The predicted molar refractivity (Wildman–Crippen MR) is 112 cm³/mol. The number of benzene rings is 2. The van der Waals surface area contributed by atoms with Crippen LogP contribution in [0.1, 0.15) is 5.56 Å². The van der Waals surface area contributed by atoms with E-state index in [1.807, 2.05) is 30.3 Å². The smallest absolute Gasteiger partial charge is 0.266 e. The highest BCUT2D eigenvalue weighted by Crippen LogP contribution is 2.32. The topological polar surface area (TPSA) is 85.3 Å². The van der Waals surface area contributed by atoms with Gasteiger partial charge in [0, 0.05) is 11.0 Å². The van der Waals surface area contributed by atoms with Gasteiger partial charge in [0.05, 0.1) is 11.2 Å². The molecule has 2 aromatic heterocycles. The average molecular weight is 473 g/mol. The Balaban J connectivity index is 1.66. The molecule has 0 fully saturated rings. The third kappa shape index (κ3) is 4.28. The highest BCUT2D eigenvalue weighted by Gasteiger charge is 2.29. The summed E-state index contributed by atoms with van der Waals surface area (Å²) in [6.45, 7) is 0.486. The van der Waals surface area contributed by atoms with Gasteiger partial charge >= 0.3 is 0 Å². The summed E-state index contributed by atoms with van der Waals surface area (Å²) in [5, 5.41) is 2.90. The number of anilines is 1. The maximum atomic E-state index is 13.2. The summed E-state index contributed by atoms with van der Waals surface area (Å²) in [7, 11) is -3.88. The fraction of sp³-hybridized carbons (Fsp3) is 0.0952. The number of nitrogens with one attached hydrogen (secondary N) is 1. The largest absolute Gasteiger partial charge is 0.459 e. The molecule has 1 N–H and O–H groups in total. The van der Waals surface area contributed by atoms with Crippen LogP contribution in [0.5, 0.6) is 0 Å². The van der Waals surface area contributed by atoms with Gasteiger partial charge in [-0.25, -0.2) is 8.42 Å². The van der Waals surface area contributed by atoms with E-state index in [-0.39, 0.29) is 21.7 Å². The number of sulfone groups is 1. The molecule has 0 bridgehead atoms. The minimum atomic E-state index is -3.88. The van der Waals surface area contributed by atoms with E-state index in [0.717, 1.165) is 10.0 Å². The summed E-state index contributed by atoms with van der Waals surface area (Å²) >= 11 is 3.32. The van der Waals surface area contributed by atoms with Gasteiger partial charge in [-0.15, -0.1) is 0 Å². The Hall–Kier alpha value is -2.84. The lowest BCUT2D eigenvalue weighted by Crippen LogP contribution is -2.09. The zero-order valence-corrected chi connectivity index (χ0v) is 17.6. The number of nitrogens with zero attached hydrogens (tertiary/aromatic N) is 1. The van der Waals surface area contributed by atoms with Gasteiger partial charge < -0.3 is 14.2 Å². The molecule has 0 saturated carbocycles. The van der Waals surface area contributed by atoms with Crippen LogP contribution in [0.25, 0.3) is 11.7 Å². The Morgan fingerprint density at radius 1 is 0.966 bits per heavy atom. The van der Waals surface area contributed by atoms with Crippen molar-refractivity contribution >= 4 is 31.7 Å². The minimum Gasteiger partial charge on any atom is -0.459 e. The van der Waals surface area contributed by atoms with Crippen LogP contribution in [0.4, 0.5) is 5.88 Å². The average Bonchev–Trinajstić information content (AvgIpc) is 3.39. The fourth-order valence-electron chi connectivity index (χ4n) is 2.80. The SMILES string of the molecule is O=S(=O)(c1ccc(Br)cc1)c1nc(-c2ccco2)oc1NCCc1ccccc1. The van der Waals surface area contributed by atoms with E-state index in [1.54, 1.807) is 24.3 Å². The van der Waals surface area contributed by atoms with E-state index in [0.29, 0.717) is 18.7 Å². The second-order valence-corrected chi connectivity index (χ2v) is 9.03. The number of rotatable bonds is 7. The first kappa shape index (κ1) is 19.5. The Labute approximate surface area is 176 Å². The Bertz CT molecular complexity index is 1190. The second kappa shape index (κ2) is 8.26. The molecule has 0 radical (unpaired) electrons. The van der Waals surface area contributed by atoms with Crippen molar-refractivity contribution in [3.05, 3.63) is 83.0 Å². The van der Waals surface area contributed by atoms with Crippen molar-refractivity contribution in [2.24, 2.45) is 0 Å². The molecule has 6 nitrogen and oxygen atoms in total. The normalized spacial score (nSPS) is 11.5. The Morgan fingerprint density at radius 3 is 2.41 bits per heavy atom. The van der Waals surface area contributed by atoms with Gasteiger partial charge in [0.2, 0.25) is 20.7 Å². The molecule has 0 aliphatic heterocycles. The first-order valence-electron chi connectivity index (χ1n) is 8.87. The highest BCUT2D eigenvalue weighted by molar-refractivity contribution is 9.10. The molecule has 0 spiro atoms. The van der Waals surface area contributed by atoms with Crippen molar-refractivity contribution in [1.82, 2.24) is 4.98 Å². The molecular formula is C21H17BrN2O4S. The van der Waals surface area contributed by atoms with Crippen LogP contribution < -0.4 is 5.32 Å². The molecule has 29 heavy (non-hydrogen) atoms. The molecule has 0 amide bonds. The molecule has 0 unspecified atom stereocenters. The van der Waals surface area contributed by atoms with Gasteiger partial charge in [0.25, 0.3) is 5.89 Å². The van der Waals surface area contributed by atoms with Gasteiger partial charge in [0.15, 0.2) is 5.76 Å². The van der Waals surface area contributed by atoms with E-state index in [4.69, 9.17) is 8.83 Å². The lowest BCUT2D eigenvalue weighted by molar-refractivity contribution is 0.522. The number of hydrogen-bond acceptors (Lipinski definition) is 6. The summed E-state index contributed by atoms with van der Waals surface area (Å²) < 4.78 is 38.2. The van der Waals surface area contributed by atoms with Crippen molar-refractivity contribution in [2.45, 2.75) is 16.3 Å². The fourth-order valence-corrected chi connectivity index (χ4v) is 4.34. The van der Waals surface area contributed by atoms with E-state index in [2.05, 4.69) is 26.2 Å². The number of oxazole rings is 1. The van der Waals surface area contributed by atoms with Gasteiger partial charge in [-0.1, -0.05) is 46.3 Å². The first-order valence-corrected chi connectivity index (χ1v) is 11.1. The molecule has 4 aromatic rings. The monoisotopic (exact) mass is 472 g/mol. The van der Waals surface area contributed by atoms with Crippen LogP contribution in [-0.2, 0) is 16.3 Å². The third-order valence-corrected chi connectivity index (χ3v) is 6.46. The molecule has 0 aliphatic rings. The number of aromatic nitrogens is 1. The molecule has 148 valence electrons. The highest BCUT2D eigenvalue weighted by atomic mass is 79.9. The molecule has 2 heterocycles.